The normalized spacial score (nSPS) is 9.88. The molecule has 0 fully saturated rings. The van der Waals surface area contributed by atoms with E-state index in [4.69, 9.17) is 16.3 Å². The van der Waals surface area contributed by atoms with Crippen molar-refractivity contribution in [2.45, 2.75) is 34.6 Å². The first-order valence-corrected chi connectivity index (χ1v) is 8.35. The zero-order valence-electron chi connectivity index (χ0n) is 14.9. The van der Waals surface area contributed by atoms with E-state index in [9.17, 15) is 14.0 Å². The van der Waals surface area contributed by atoms with E-state index in [1.54, 1.807) is 19.9 Å². The number of ether oxygens (including phenoxy) is 1. The number of Topliss-reactive ketones (excluding diaryl/α,β-unsaturated/α-hetero) is 1. The van der Waals surface area contributed by atoms with Crippen LogP contribution in [0.3, 0.4) is 0 Å². The van der Waals surface area contributed by atoms with Crippen LogP contribution < -0.4 is 5.32 Å². The number of carbonyl (C=O) groups excluding carboxylic acids is 2. The summed E-state index contributed by atoms with van der Waals surface area (Å²) in [5.74, 6) is -1.43. The Bertz CT molecular complexity index is 772. The average Bonchev–Trinajstić information content (AvgIpc) is 2.89. The van der Waals surface area contributed by atoms with Gasteiger partial charge in [-0.15, -0.1) is 0 Å². The molecule has 0 aliphatic carbocycles. The maximum Gasteiger partial charge on any atom is 0.343 e. The SMILES string of the molecule is CC.CCOC(=O)c1c(Nc2ccc(C)cc2F)[nH]c(C(C)=O)c1Cl. The number of H-pyrrole nitrogens is 1. The third-order valence-corrected chi connectivity index (χ3v) is 3.53. The molecule has 0 saturated heterocycles. The number of aryl methyl sites for hydroxylation is 1. The first-order chi connectivity index (χ1) is 11.8. The smallest absolute Gasteiger partial charge is 0.343 e. The van der Waals surface area contributed by atoms with Gasteiger partial charge in [-0.3, -0.25) is 4.79 Å². The van der Waals surface area contributed by atoms with Gasteiger partial charge in [0.15, 0.2) is 5.78 Å². The summed E-state index contributed by atoms with van der Waals surface area (Å²) < 4.78 is 18.9. The lowest BCUT2D eigenvalue weighted by Crippen LogP contribution is -2.07. The van der Waals surface area contributed by atoms with Gasteiger partial charge in [0.25, 0.3) is 0 Å². The summed E-state index contributed by atoms with van der Waals surface area (Å²) in [6.45, 7) is 8.87. The van der Waals surface area contributed by atoms with Crippen LogP contribution in [-0.2, 0) is 4.74 Å². The number of anilines is 2. The molecule has 1 aromatic carbocycles. The molecule has 25 heavy (non-hydrogen) atoms. The summed E-state index contributed by atoms with van der Waals surface area (Å²) in [5.41, 5.74) is 0.935. The molecule has 0 atom stereocenters. The zero-order chi connectivity index (χ0) is 19.1. The van der Waals surface area contributed by atoms with Crippen molar-refractivity contribution in [1.82, 2.24) is 4.98 Å². The fourth-order valence-electron chi connectivity index (χ4n) is 2.06. The average molecular weight is 369 g/mol. The van der Waals surface area contributed by atoms with E-state index in [1.165, 1.54) is 19.1 Å². The highest BCUT2D eigenvalue weighted by atomic mass is 35.5. The second kappa shape index (κ2) is 9.22. The Labute approximate surface area is 151 Å². The summed E-state index contributed by atoms with van der Waals surface area (Å²) in [4.78, 5) is 26.4. The second-order valence-electron chi connectivity index (χ2n) is 4.95. The molecule has 7 heteroatoms. The van der Waals surface area contributed by atoms with Crippen LogP contribution in [0.2, 0.25) is 5.02 Å². The molecular formula is C18H22ClFN2O3. The Kier molecular flexibility index (Phi) is 7.64. The third-order valence-electron chi connectivity index (χ3n) is 3.15. The molecule has 0 unspecified atom stereocenters. The van der Waals surface area contributed by atoms with Crippen molar-refractivity contribution < 1.29 is 18.7 Å². The molecule has 0 spiro atoms. The van der Waals surface area contributed by atoms with E-state index in [0.717, 1.165) is 5.56 Å². The fraction of sp³-hybridized carbons (Fsp3) is 0.333. The molecule has 2 rings (SSSR count). The Hall–Kier alpha value is -2.34. The number of benzene rings is 1. The van der Waals surface area contributed by atoms with Gasteiger partial charge >= 0.3 is 5.97 Å². The minimum absolute atomic E-state index is 0.0290. The molecule has 0 radical (unpaired) electrons. The second-order valence-corrected chi connectivity index (χ2v) is 5.33. The maximum atomic E-state index is 14.0. The molecule has 0 aliphatic rings. The van der Waals surface area contributed by atoms with Crippen LogP contribution in [0.15, 0.2) is 18.2 Å². The Morgan fingerprint density at radius 1 is 1.32 bits per heavy atom. The number of nitrogens with one attached hydrogen (secondary N) is 2. The highest BCUT2D eigenvalue weighted by Gasteiger charge is 2.25. The highest BCUT2D eigenvalue weighted by Crippen LogP contribution is 2.32. The summed E-state index contributed by atoms with van der Waals surface area (Å²) in [5, 5.41) is 2.71. The minimum Gasteiger partial charge on any atom is -0.462 e. The van der Waals surface area contributed by atoms with Crippen molar-refractivity contribution in [1.29, 1.82) is 0 Å². The summed E-state index contributed by atoms with van der Waals surface area (Å²) in [7, 11) is 0. The number of hydrogen-bond acceptors (Lipinski definition) is 4. The van der Waals surface area contributed by atoms with Crippen molar-refractivity contribution in [3.05, 3.63) is 45.9 Å². The molecule has 0 saturated carbocycles. The summed E-state index contributed by atoms with van der Waals surface area (Å²) >= 11 is 6.10. The van der Waals surface area contributed by atoms with E-state index in [0.29, 0.717) is 0 Å². The van der Waals surface area contributed by atoms with Crippen molar-refractivity contribution in [3.63, 3.8) is 0 Å². The van der Waals surface area contributed by atoms with Gasteiger partial charge < -0.3 is 15.0 Å². The number of rotatable bonds is 5. The number of aromatic nitrogens is 1. The third kappa shape index (κ3) is 4.82. The standard InChI is InChI=1S/C16H16ClFN2O3.C2H6/c1-4-23-16(22)12-13(17)14(9(3)21)20-15(12)19-11-6-5-8(2)7-10(11)18;1-2/h5-7,19-20H,4H2,1-3H3;1-2H3. The number of carbonyl (C=O) groups is 2. The van der Waals surface area contributed by atoms with Crippen LogP contribution in [0.5, 0.6) is 0 Å². The van der Waals surface area contributed by atoms with E-state index in [2.05, 4.69) is 10.3 Å². The summed E-state index contributed by atoms with van der Waals surface area (Å²) in [6, 6.07) is 4.59. The van der Waals surface area contributed by atoms with Crippen molar-refractivity contribution >= 4 is 34.9 Å². The topological polar surface area (TPSA) is 71.2 Å². The van der Waals surface area contributed by atoms with Gasteiger partial charge in [0.2, 0.25) is 0 Å². The van der Waals surface area contributed by atoms with E-state index in [-0.39, 0.29) is 40.2 Å². The van der Waals surface area contributed by atoms with Crippen LogP contribution in [0.4, 0.5) is 15.9 Å². The molecule has 0 amide bonds. The van der Waals surface area contributed by atoms with Crippen molar-refractivity contribution in [2.24, 2.45) is 0 Å². The molecule has 0 aliphatic heterocycles. The van der Waals surface area contributed by atoms with Gasteiger partial charge in [-0.1, -0.05) is 31.5 Å². The quantitative estimate of drug-likeness (QED) is 0.557. The highest BCUT2D eigenvalue weighted by molar-refractivity contribution is 6.37. The number of aromatic amines is 1. The Morgan fingerprint density at radius 3 is 2.48 bits per heavy atom. The molecule has 136 valence electrons. The van der Waals surface area contributed by atoms with E-state index < -0.39 is 11.8 Å². The zero-order valence-corrected chi connectivity index (χ0v) is 15.7. The lowest BCUT2D eigenvalue weighted by molar-refractivity contribution is 0.0528. The van der Waals surface area contributed by atoms with Crippen molar-refractivity contribution in [3.8, 4) is 0 Å². The molecule has 5 nitrogen and oxygen atoms in total. The molecule has 1 heterocycles. The van der Waals surface area contributed by atoms with E-state index in [1.807, 2.05) is 13.8 Å². The molecule has 0 bridgehead atoms. The number of esters is 1. The number of halogens is 2. The van der Waals surface area contributed by atoms with Gasteiger partial charge in [-0.2, -0.15) is 0 Å². The van der Waals surface area contributed by atoms with Gasteiger partial charge in [-0.05, 0) is 31.5 Å². The lowest BCUT2D eigenvalue weighted by Gasteiger charge is -2.09. The van der Waals surface area contributed by atoms with Gasteiger partial charge in [0.05, 0.1) is 17.3 Å². The van der Waals surface area contributed by atoms with Gasteiger partial charge in [-0.25, -0.2) is 9.18 Å². The van der Waals surface area contributed by atoms with Crippen LogP contribution >= 0.6 is 11.6 Å². The molecule has 2 aromatic rings. The predicted octanol–water partition coefficient (Wildman–Crippen LogP) is 5.26. The molecule has 1 aromatic heterocycles. The summed E-state index contributed by atoms with van der Waals surface area (Å²) in [6.07, 6.45) is 0. The first kappa shape index (κ1) is 20.7. The lowest BCUT2D eigenvalue weighted by atomic mass is 10.2. The molecular weight excluding hydrogens is 347 g/mol. The monoisotopic (exact) mass is 368 g/mol. The van der Waals surface area contributed by atoms with Crippen LogP contribution in [0.25, 0.3) is 0 Å². The van der Waals surface area contributed by atoms with Crippen LogP contribution in [-0.4, -0.2) is 23.3 Å². The van der Waals surface area contributed by atoms with E-state index >= 15 is 0 Å². The fourth-order valence-corrected chi connectivity index (χ4v) is 2.42. The van der Waals surface area contributed by atoms with Crippen molar-refractivity contribution in [2.75, 3.05) is 11.9 Å². The Morgan fingerprint density at radius 2 is 1.96 bits per heavy atom. The maximum absolute atomic E-state index is 14.0. The van der Waals surface area contributed by atoms with Gasteiger partial charge in [0.1, 0.15) is 22.9 Å². The Balaban J connectivity index is 0.00000151. The van der Waals surface area contributed by atoms with Crippen LogP contribution in [0.1, 0.15) is 54.1 Å². The largest absolute Gasteiger partial charge is 0.462 e. The number of hydrogen-bond donors (Lipinski definition) is 2. The van der Waals surface area contributed by atoms with Crippen LogP contribution in [0, 0.1) is 12.7 Å². The first-order valence-electron chi connectivity index (χ1n) is 7.97. The predicted molar refractivity (Wildman–Crippen MR) is 97.5 cm³/mol. The number of ketones is 1. The van der Waals surface area contributed by atoms with Gasteiger partial charge in [0, 0.05) is 6.92 Å². The minimum atomic E-state index is -0.698. The molecule has 2 N–H and O–H groups in total.